The van der Waals surface area contributed by atoms with Gasteiger partial charge in [0.2, 0.25) is 0 Å². The minimum Gasteiger partial charge on any atom is -0.306 e. The number of nitrogens with zero attached hydrogens (tertiary/aromatic N) is 1. The fraction of sp³-hybridized carbons (Fsp3) is 0.273. The van der Waals surface area contributed by atoms with Gasteiger partial charge in [0.15, 0.2) is 5.82 Å². The van der Waals surface area contributed by atoms with E-state index in [1.54, 1.807) is 0 Å². The number of hydrogen-bond acceptors (Lipinski definition) is 3. The molecule has 2 heterocycles. The molecule has 2 aromatic rings. The number of aromatic amines is 1. The zero-order chi connectivity index (χ0) is 11.1. The summed E-state index contributed by atoms with van der Waals surface area (Å²) in [6.45, 7) is 0. The van der Waals surface area contributed by atoms with E-state index >= 15 is 0 Å². The molecule has 2 aromatic heterocycles. The summed E-state index contributed by atoms with van der Waals surface area (Å²) in [5.74, 6) is 0.641. The first-order chi connectivity index (χ1) is 7.74. The summed E-state index contributed by atoms with van der Waals surface area (Å²) in [4.78, 5) is 20.0. The third-order valence-electron chi connectivity index (χ3n) is 2.74. The number of nitrogens with one attached hydrogen (secondary N) is 1. The first-order valence-electron chi connectivity index (χ1n) is 5.10. The molecule has 5 heteroatoms. The van der Waals surface area contributed by atoms with Gasteiger partial charge in [-0.15, -0.1) is 11.3 Å². The van der Waals surface area contributed by atoms with Gasteiger partial charge < -0.3 is 4.98 Å². The van der Waals surface area contributed by atoms with E-state index < -0.39 is 0 Å². The molecule has 16 heavy (non-hydrogen) atoms. The number of thiophene rings is 1. The van der Waals surface area contributed by atoms with Gasteiger partial charge in [-0.3, -0.25) is 4.79 Å². The van der Waals surface area contributed by atoms with E-state index in [1.807, 2.05) is 11.4 Å². The van der Waals surface area contributed by atoms with Crippen LogP contribution in [0.2, 0.25) is 5.02 Å². The van der Waals surface area contributed by atoms with Crippen molar-refractivity contribution < 1.29 is 0 Å². The van der Waals surface area contributed by atoms with E-state index in [0.717, 1.165) is 35.4 Å². The average molecular weight is 253 g/mol. The molecule has 0 atom stereocenters. The van der Waals surface area contributed by atoms with E-state index in [4.69, 9.17) is 11.6 Å². The maximum absolute atomic E-state index is 11.8. The molecule has 3 nitrogen and oxygen atoms in total. The molecular weight excluding hydrogens is 244 g/mol. The SMILES string of the molecule is O=c1[nH]c(-c2cc(Cl)cs2)nc2c1CCC2. The normalized spacial score (nSPS) is 14.1. The summed E-state index contributed by atoms with van der Waals surface area (Å²) in [6, 6.07) is 1.83. The molecule has 1 N–H and O–H groups in total. The van der Waals surface area contributed by atoms with Gasteiger partial charge in [-0.05, 0) is 25.3 Å². The van der Waals surface area contributed by atoms with Crippen LogP contribution in [0.1, 0.15) is 17.7 Å². The number of H-pyrrole nitrogens is 1. The second kappa shape index (κ2) is 3.71. The average Bonchev–Trinajstić information content (AvgIpc) is 2.85. The lowest BCUT2D eigenvalue weighted by Gasteiger charge is -2.00. The fourth-order valence-electron chi connectivity index (χ4n) is 2.00. The van der Waals surface area contributed by atoms with E-state index in [-0.39, 0.29) is 5.56 Å². The number of rotatable bonds is 1. The van der Waals surface area contributed by atoms with Crippen LogP contribution in [-0.4, -0.2) is 9.97 Å². The highest BCUT2D eigenvalue weighted by molar-refractivity contribution is 7.14. The molecule has 0 spiro atoms. The maximum Gasteiger partial charge on any atom is 0.254 e. The highest BCUT2D eigenvalue weighted by atomic mass is 35.5. The Bertz CT molecular complexity index is 602. The molecule has 1 aliphatic rings. The van der Waals surface area contributed by atoms with Gasteiger partial charge in [0, 0.05) is 10.9 Å². The van der Waals surface area contributed by atoms with Crippen molar-refractivity contribution in [3.8, 4) is 10.7 Å². The van der Waals surface area contributed by atoms with Gasteiger partial charge >= 0.3 is 0 Å². The van der Waals surface area contributed by atoms with Crippen LogP contribution in [0.15, 0.2) is 16.2 Å². The molecule has 3 rings (SSSR count). The number of halogens is 1. The van der Waals surface area contributed by atoms with Crippen LogP contribution >= 0.6 is 22.9 Å². The van der Waals surface area contributed by atoms with Crippen LogP contribution in [0.3, 0.4) is 0 Å². The first-order valence-corrected chi connectivity index (χ1v) is 6.36. The minimum atomic E-state index is 0.00187. The highest BCUT2D eigenvalue weighted by Crippen LogP contribution is 2.27. The molecule has 0 saturated carbocycles. The van der Waals surface area contributed by atoms with E-state index in [0.29, 0.717) is 10.8 Å². The van der Waals surface area contributed by atoms with Crippen molar-refractivity contribution in [1.29, 1.82) is 0 Å². The Morgan fingerprint density at radius 3 is 3.06 bits per heavy atom. The summed E-state index contributed by atoms with van der Waals surface area (Å²) in [6.07, 6.45) is 2.79. The number of aryl methyl sites for hydroxylation is 1. The van der Waals surface area contributed by atoms with Crippen LogP contribution < -0.4 is 5.56 Å². The summed E-state index contributed by atoms with van der Waals surface area (Å²) in [5.41, 5.74) is 1.80. The second-order valence-corrected chi connectivity index (χ2v) is 5.17. The van der Waals surface area contributed by atoms with Crippen molar-refractivity contribution >= 4 is 22.9 Å². The summed E-state index contributed by atoms with van der Waals surface area (Å²) in [5, 5.41) is 2.52. The van der Waals surface area contributed by atoms with E-state index in [9.17, 15) is 4.79 Å². The summed E-state index contributed by atoms with van der Waals surface area (Å²) >= 11 is 7.35. The molecule has 1 aliphatic carbocycles. The second-order valence-electron chi connectivity index (χ2n) is 3.82. The number of aromatic nitrogens is 2. The molecule has 0 aliphatic heterocycles. The van der Waals surface area contributed by atoms with Crippen molar-refractivity contribution in [3.63, 3.8) is 0 Å². The molecular formula is C11H9ClN2OS. The topological polar surface area (TPSA) is 45.8 Å². The zero-order valence-corrected chi connectivity index (χ0v) is 9.99. The van der Waals surface area contributed by atoms with Crippen LogP contribution in [0, 0.1) is 0 Å². The molecule has 0 aromatic carbocycles. The Morgan fingerprint density at radius 2 is 2.31 bits per heavy atom. The molecule has 0 amide bonds. The third-order valence-corrected chi connectivity index (χ3v) is 4.03. The van der Waals surface area contributed by atoms with E-state index in [1.165, 1.54) is 11.3 Å². The van der Waals surface area contributed by atoms with Crippen molar-refractivity contribution in [2.45, 2.75) is 19.3 Å². The van der Waals surface area contributed by atoms with Crippen molar-refractivity contribution in [2.24, 2.45) is 0 Å². The quantitative estimate of drug-likeness (QED) is 0.848. The monoisotopic (exact) mass is 252 g/mol. The van der Waals surface area contributed by atoms with Crippen LogP contribution in [0.25, 0.3) is 10.7 Å². The van der Waals surface area contributed by atoms with Crippen LogP contribution in [0.4, 0.5) is 0 Å². The van der Waals surface area contributed by atoms with E-state index in [2.05, 4.69) is 9.97 Å². The predicted molar refractivity (Wildman–Crippen MR) is 65.2 cm³/mol. The first kappa shape index (κ1) is 10.1. The van der Waals surface area contributed by atoms with Gasteiger partial charge in [-0.1, -0.05) is 11.6 Å². The summed E-state index contributed by atoms with van der Waals surface area (Å²) < 4.78 is 0. The third kappa shape index (κ3) is 1.58. The largest absolute Gasteiger partial charge is 0.306 e. The molecule has 0 saturated heterocycles. The van der Waals surface area contributed by atoms with Gasteiger partial charge in [-0.25, -0.2) is 4.98 Å². The summed E-state index contributed by atoms with van der Waals surface area (Å²) in [7, 11) is 0. The lowest BCUT2D eigenvalue weighted by molar-refractivity contribution is 0.899. The lowest BCUT2D eigenvalue weighted by Crippen LogP contribution is -2.14. The van der Waals surface area contributed by atoms with Gasteiger partial charge in [0.25, 0.3) is 5.56 Å². The van der Waals surface area contributed by atoms with Crippen molar-refractivity contribution in [3.05, 3.63) is 38.1 Å². The Kier molecular flexibility index (Phi) is 2.33. The fourth-order valence-corrected chi connectivity index (χ4v) is 3.01. The highest BCUT2D eigenvalue weighted by Gasteiger charge is 2.17. The lowest BCUT2D eigenvalue weighted by atomic mass is 10.2. The Hall–Kier alpha value is -1.13. The Balaban J connectivity index is 2.16. The van der Waals surface area contributed by atoms with Gasteiger partial charge in [0.05, 0.1) is 15.6 Å². The molecule has 0 unspecified atom stereocenters. The number of hydrogen-bond donors (Lipinski definition) is 1. The van der Waals surface area contributed by atoms with Gasteiger partial charge in [0.1, 0.15) is 0 Å². The molecule has 0 fully saturated rings. The Morgan fingerprint density at radius 1 is 1.44 bits per heavy atom. The van der Waals surface area contributed by atoms with Crippen molar-refractivity contribution in [1.82, 2.24) is 9.97 Å². The maximum atomic E-state index is 11.8. The van der Waals surface area contributed by atoms with Crippen molar-refractivity contribution in [2.75, 3.05) is 0 Å². The molecule has 0 radical (unpaired) electrons. The zero-order valence-electron chi connectivity index (χ0n) is 8.42. The predicted octanol–water partition coefficient (Wildman–Crippen LogP) is 2.64. The van der Waals surface area contributed by atoms with Crippen LogP contribution in [0.5, 0.6) is 0 Å². The smallest absolute Gasteiger partial charge is 0.254 e. The molecule has 0 bridgehead atoms. The molecule has 82 valence electrons. The standard InChI is InChI=1S/C11H9ClN2OS/c12-6-4-9(16-5-6)10-13-8-3-1-2-7(8)11(15)14-10/h4-5H,1-3H2,(H,13,14,15). The van der Waals surface area contributed by atoms with Gasteiger partial charge in [-0.2, -0.15) is 0 Å². The number of fused-ring (bicyclic) bond motifs is 1. The minimum absolute atomic E-state index is 0.00187. The Labute approximate surface area is 101 Å². The van der Waals surface area contributed by atoms with Crippen LogP contribution in [-0.2, 0) is 12.8 Å².